The van der Waals surface area contributed by atoms with Gasteiger partial charge in [0.15, 0.2) is 0 Å². The van der Waals surface area contributed by atoms with Gasteiger partial charge in [0.05, 0.1) is 16.3 Å². The standard InChI is InChI=1S/C30H24ClF2N3O5S/c1-17-7-11-27(25-13-21(31)9-12-28(25)40-16-20-8-10-22(32)14-26(20)33)36(17)23-5-4-6-24(15-23)42(38,39)35-30(37)29-18(2)34-41-19(29)3/h4-15H,16H2,1-3H3,(H,35,37). The van der Waals surface area contributed by atoms with Gasteiger partial charge in [-0.15, -0.1) is 0 Å². The highest BCUT2D eigenvalue weighted by molar-refractivity contribution is 7.90. The molecule has 0 fully saturated rings. The minimum Gasteiger partial charge on any atom is -0.488 e. The fourth-order valence-corrected chi connectivity index (χ4v) is 5.71. The van der Waals surface area contributed by atoms with Crippen molar-refractivity contribution in [2.75, 3.05) is 0 Å². The van der Waals surface area contributed by atoms with E-state index < -0.39 is 27.6 Å². The van der Waals surface area contributed by atoms with Crippen LogP contribution in [0, 0.1) is 32.4 Å². The first-order chi connectivity index (χ1) is 19.9. The number of nitrogens with zero attached hydrogens (tertiary/aromatic N) is 2. The molecule has 2 heterocycles. The van der Waals surface area contributed by atoms with Crippen molar-refractivity contribution in [1.29, 1.82) is 0 Å². The van der Waals surface area contributed by atoms with Gasteiger partial charge in [-0.25, -0.2) is 21.9 Å². The van der Waals surface area contributed by atoms with Crippen LogP contribution in [-0.4, -0.2) is 24.0 Å². The van der Waals surface area contributed by atoms with Crippen LogP contribution in [0.3, 0.4) is 0 Å². The lowest BCUT2D eigenvalue weighted by Gasteiger charge is -2.17. The molecule has 0 unspecified atom stereocenters. The molecule has 1 amide bonds. The van der Waals surface area contributed by atoms with E-state index in [0.29, 0.717) is 27.7 Å². The van der Waals surface area contributed by atoms with Gasteiger partial charge in [-0.05, 0) is 81.4 Å². The average Bonchev–Trinajstić information content (AvgIpc) is 3.49. The number of halogens is 3. The van der Waals surface area contributed by atoms with E-state index in [0.717, 1.165) is 17.8 Å². The Bertz CT molecular complexity index is 1920. The third-order valence-electron chi connectivity index (χ3n) is 6.57. The molecule has 0 atom stereocenters. The molecule has 42 heavy (non-hydrogen) atoms. The first-order valence-electron chi connectivity index (χ1n) is 12.6. The van der Waals surface area contributed by atoms with Crippen LogP contribution in [0.5, 0.6) is 5.75 Å². The zero-order valence-electron chi connectivity index (χ0n) is 22.6. The normalized spacial score (nSPS) is 11.5. The van der Waals surface area contributed by atoms with Gasteiger partial charge in [-0.3, -0.25) is 4.79 Å². The lowest BCUT2D eigenvalue weighted by atomic mass is 10.1. The Hall–Kier alpha value is -4.48. The van der Waals surface area contributed by atoms with Gasteiger partial charge >= 0.3 is 0 Å². The molecule has 1 N–H and O–H groups in total. The van der Waals surface area contributed by atoms with Crippen molar-refractivity contribution < 1.29 is 31.3 Å². The molecule has 216 valence electrons. The maximum Gasteiger partial charge on any atom is 0.270 e. The Balaban J connectivity index is 1.50. The zero-order chi connectivity index (χ0) is 30.2. The SMILES string of the molecule is Cc1noc(C)c1C(=O)NS(=O)(=O)c1cccc(-n2c(C)ccc2-c2cc(Cl)ccc2OCc2ccc(F)cc2F)c1. The molecule has 2 aromatic heterocycles. The van der Waals surface area contributed by atoms with E-state index in [-0.39, 0.29) is 34.1 Å². The average molecular weight is 612 g/mol. The Labute approximate surface area is 245 Å². The van der Waals surface area contributed by atoms with E-state index in [2.05, 4.69) is 9.88 Å². The third-order valence-corrected chi connectivity index (χ3v) is 8.13. The van der Waals surface area contributed by atoms with Crippen LogP contribution in [0.4, 0.5) is 8.78 Å². The van der Waals surface area contributed by atoms with E-state index >= 15 is 0 Å². The Morgan fingerprint density at radius 3 is 2.52 bits per heavy atom. The summed E-state index contributed by atoms with van der Waals surface area (Å²) in [6, 6.07) is 17.9. The molecule has 5 aromatic rings. The summed E-state index contributed by atoms with van der Waals surface area (Å²) in [6.07, 6.45) is 0. The second-order valence-electron chi connectivity index (χ2n) is 9.49. The van der Waals surface area contributed by atoms with Crippen molar-refractivity contribution in [3.8, 4) is 22.7 Å². The van der Waals surface area contributed by atoms with E-state index in [1.54, 1.807) is 41.8 Å². The highest BCUT2D eigenvalue weighted by Gasteiger charge is 2.25. The Morgan fingerprint density at radius 2 is 1.81 bits per heavy atom. The number of nitrogens with one attached hydrogen (secondary N) is 1. The molecule has 12 heteroatoms. The van der Waals surface area contributed by atoms with Crippen molar-refractivity contribution in [2.45, 2.75) is 32.3 Å². The van der Waals surface area contributed by atoms with E-state index in [4.69, 9.17) is 20.9 Å². The number of sulfonamides is 1. The van der Waals surface area contributed by atoms with E-state index in [1.165, 1.54) is 25.1 Å². The fourth-order valence-electron chi connectivity index (χ4n) is 4.54. The molecule has 3 aromatic carbocycles. The molecule has 0 spiro atoms. The summed E-state index contributed by atoms with van der Waals surface area (Å²) in [6.45, 7) is 4.73. The second kappa shape index (κ2) is 11.4. The molecule has 0 aliphatic rings. The largest absolute Gasteiger partial charge is 0.488 e. The lowest BCUT2D eigenvalue weighted by molar-refractivity contribution is 0.0979. The minimum absolute atomic E-state index is 0.0484. The number of rotatable bonds is 8. The summed E-state index contributed by atoms with van der Waals surface area (Å²) in [5.74, 6) is -1.71. The molecule has 5 rings (SSSR count). The van der Waals surface area contributed by atoms with Gasteiger partial charge in [-0.1, -0.05) is 22.8 Å². The van der Waals surface area contributed by atoms with Crippen LogP contribution in [0.15, 0.2) is 82.2 Å². The summed E-state index contributed by atoms with van der Waals surface area (Å²) in [5, 5.41) is 4.11. The van der Waals surface area contributed by atoms with Gasteiger partial charge in [0.25, 0.3) is 15.9 Å². The summed E-state index contributed by atoms with van der Waals surface area (Å²) in [5.41, 5.74) is 2.89. The number of benzene rings is 3. The first kappa shape index (κ1) is 29.0. The van der Waals surface area contributed by atoms with Gasteiger partial charge < -0.3 is 13.8 Å². The fraction of sp³-hybridized carbons (Fsp3) is 0.133. The number of hydrogen-bond donors (Lipinski definition) is 1. The Kier molecular flexibility index (Phi) is 7.89. The van der Waals surface area contributed by atoms with E-state index in [9.17, 15) is 22.0 Å². The van der Waals surface area contributed by atoms with Crippen molar-refractivity contribution >= 4 is 27.5 Å². The summed E-state index contributed by atoms with van der Waals surface area (Å²) >= 11 is 6.33. The maximum atomic E-state index is 14.2. The van der Waals surface area contributed by atoms with Crippen LogP contribution >= 0.6 is 11.6 Å². The number of hydrogen-bond acceptors (Lipinski definition) is 6. The topological polar surface area (TPSA) is 103 Å². The number of amides is 1. The van der Waals surface area contributed by atoms with Crippen molar-refractivity contribution in [1.82, 2.24) is 14.4 Å². The van der Waals surface area contributed by atoms with Crippen LogP contribution in [-0.2, 0) is 16.6 Å². The molecule has 0 saturated heterocycles. The highest BCUT2D eigenvalue weighted by Crippen LogP contribution is 2.36. The van der Waals surface area contributed by atoms with Crippen LogP contribution < -0.4 is 9.46 Å². The number of carbonyl (C=O) groups is 1. The monoisotopic (exact) mass is 611 g/mol. The van der Waals surface area contributed by atoms with Gasteiger partial charge in [0.2, 0.25) is 0 Å². The van der Waals surface area contributed by atoms with Crippen LogP contribution in [0.1, 0.15) is 33.1 Å². The predicted octanol–water partition coefficient (Wildman–Crippen LogP) is 6.69. The molecule has 0 aliphatic heterocycles. The molecule has 0 saturated carbocycles. The summed E-state index contributed by atoms with van der Waals surface area (Å²) in [4.78, 5) is 12.6. The Morgan fingerprint density at radius 1 is 1.02 bits per heavy atom. The highest BCUT2D eigenvalue weighted by atomic mass is 35.5. The maximum absolute atomic E-state index is 14.2. The van der Waals surface area contributed by atoms with Crippen LogP contribution in [0.25, 0.3) is 16.9 Å². The van der Waals surface area contributed by atoms with Crippen molar-refractivity contribution in [3.63, 3.8) is 0 Å². The molecule has 0 radical (unpaired) electrons. The number of aromatic nitrogens is 2. The zero-order valence-corrected chi connectivity index (χ0v) is 24.2. The summed E-state index contributed by atoms with van der Waals surface area (Å²) < 4.78 is 68.8. The van der Waals surface area contributed by atoms with E-state index in [1.807, 2.05) is 19.1 Å². The van der Waals surface area contributed by atoms with Crippen molar-refractivity contribution in [2.24, 2.45) is 0 Å². The molecular weight excluding hydrogens is 588 g/mol. The van der Waals surface area contributed by atoms with Crippen LogP contribution in [0.2, 0.25) is 5.02 Å². The molecule has 0 aliphatic carbocycles. The van der Waals surface area contributed by atoms with Gasteiger partial charge in [0, 0.05) is 33.6 Å². The lowest BCUT2D eigenvalue weighted by Crippen LogP contribution is -2.31. The smallest absolute Gasteiger partial charge is 0.270 e. The first-order valence-corrected chi connectivity index (χ1v) is 14.5. The molecule has 0 bridgehead atoms. The predicted molar refractivity (Wildman–Crippen MR) is 152 cm³/mol. The number of aryl methyl sites for hydroxylation is 3. The second-order valence-corrected chi connectivity index (χ2v) is 11.6. The number of carbonyl (C=O) groups excluding carboxylic acids is 1. The number of ether oxygens (including phenoxy) is 1. The molecular formula is C30H24ClF2N3O5S. The minimum atomic E-state index is -4.27. The third kappa shape index (κ3) is 5.79. The quantitative estimate of drug-likeness (QED) is 0.210. The van der Waals surface area contributed by atoms with Gasteiger partial charge in [-0.2, -0.15) is 0 Å². The molecule has 8 nitrogen and oxygen atoms in total. The van der Waals surface area contributed by atoms with Crippen molar-refractivity contribution in [3.05, 3.63) is 118 Å². The van der Waals surface area contributed by atoms with Gasteiger partial charge in [0.1, 0.15) is 35.3 Å². The summed E-state index contributed by atoms with van der Waals surface area (Å²) in [7, 11) is -4.27.